The number of fused-ring (bicyclic) bond motifs is 1. The van der Waals surface area contributed by atoms with Crippen LogP contribution in [0.15, 0.2) is 36.4 Å². The van der Waals surface area contributed by atoms with Gasteiger partial charge in [0, 0.05) is 33.9 Å². The molecule has 25 heavy (non-hydrogen) atoms. The van der Waals surface area contributed by atoms with Crippen LogP contribution >= 0.6 is 0 Å². The molecule has 0 saturated heterocycles. The van der Waals surface area contributed by atoms with E-state index >= 15 is 0 Å². The van der Waals surface area contributed by atoms with Gasteiger partial charge in [0.25, 0.3) is 0 Å². The number of ketones is 1. The highest BCUT2D eigenvalue weighted by Gasteiger charge is 2.19. The Kier molecular flexibility index (Phi) is 4.49. The van der Waals surface area contributed by atoms with Crippen LogP contribution < -0.4 is 0 Å². The monoisotopic (exact) mass is 338 g/mol. The van der Waals surface area contributed by atoms with E-state index in [1.807, 2.05) is 44.2 Å². The van der Waals surface area contributed by atoms with Crippen molar-refractivity contribution in [2.75, 3.05) is 6.61 Å². The average molecular weight is 338 g/mol. The van der Waals surface area contributed by atoms with Crippen molar-refractivity contribution in [1.82, 2.24) is 9.55 Å². The van der Waals surface area contributed by atoms with Gasteiger partial charge in [0.1, 0.15) is 5.69 Å². The number of hydrogen-bond acceptors (Lipinski definition) is 3. The van der Waals surface area contributed by atoms with Crippen LogP contribution in [0.3, 0.4) is 0 Å². The highest BCUT2D eigenvalue weighted by atomic mass is 16.5. The van der Waals surface area contributed by atoms with Crippen molar-refractivity contribution in [1.29, 1.82) is 0 Å². The van der Waals surface area contributed by atoms with Gasteiger partial charge in [-0.2, -0.15) is 0 Å². The number of para-hydroxylation sites is 1. The molecule has 5 nitrogen and oxygen atoms in total. The first-order valence-corrected chi connectivity index (χ1v) is 8.35. The highest BCUT2D eigenvalue weighted by molar-refractivity contribution is 6.01. The first kappa shape index (κ1) is 17.0. The Morgan fingerprint density at radius 2 is 1.88 bits per heavy atom. The molecule has 0 atom stereocenters. The van der Waals surface area contributed by atoms with Crippen LogP contribution in [0.5, 0.6) is 0 Å². The van der Waals surface area contributed by atoms with Gasteiger partial charge in [-0.1, -0.05) is 18.2 Å². The van der Waals surface area contributed by atoms with Crippen LogP contribution in [-0.4, -0.2) is 27.9 Å². The fourth-order valence-corrected chi connectivity index (χ4v) is 3.32. The molecule has 0 spiro atoms. The second-order valence-electron chi connectivity index (χ2n) is 6.52. The number of carbonyl (C=O) groups excluding carboxylic acids is 2. The molecule has 1 aromatic carbocycles. The van der Waals surface area contributed by atoms with Crippen LogP contribution in [0.2, 0.25) is 0 Å². The zero-order valence-electron chi connectivity index (χ0n) is 14.9. The molecular formula is C20H22N2O3. The minimum Gasteiger partial charge on any atom is -0.453 e. The molecule has 130 valence electrons. The van der Waals surface area contributed by atoms with E-state index in [0.29, 0.717) is 11.3 Å². The Balaban J connectivity index is 1.72. The molecule has 0 bridgehead atoms. The van der Waals surface area contributed by atoms with Gasteiger partial charge >= 0.3 is 5.97 Å². The van der Waals surface area contributed by atoms with E-state index in [9.17, 15) is 9.59 Å². The molecule has 3 rings (SSSR count). The fourth-order valence-electron chi connectivity index (χ4n) is 3.32. The van der Waals surface area contributed by atoms with Gasteiger partial charge in [-0.15, -0.1) is 0 Å². The van der Waals surface area contributed by atoms with E-state index < -0.39 is 5.97 Å². The van der Waals surface area contributed by atoms with E-state index in [1.165, 1.54) is 0 Å². The minimum atomic E-state index is -0.526. The predicted molar refractivity (Wildman–Crippen MR) is 97.2 cm³/mol. The lowest BCUT2D eigenvalue weighted by Gasteiger charge is -2.13. The molecular weight excluding hydrogens is 316 g/mol. The topological polar surface area (TPSA) is 64.1 Å². The number of ether oxygens (including phenoxy) is 1. The van der Waals surface area contributed by atoms with Gasteiger partial charge in [0.2, 0.25) is 5.78 Å². The summed E-state index contributed by atoms with van der Waals surface area (Å²) >= 11 is 0. The quantitative estimate of drug-likeness (QED) is 0.560. The SMILES string of the molecule is Cc1cc(C(=O)COC(=O)c2cc3ccccc3[nH]2)c(C)n1C(C)C. The maximum atomic E-state index is 12.5. The summed E-state index contributed by atoms with van der Waals surface area (Å²) in [6.45, 7) is 7.77. The zero-order valence-corrected chi connectivity index (χ0v) is 14.9. The number of benzene rings is 1. The standard InChI is InChI=1S/C20H22N2O3/c1-12(2)22-13(3)9-16(14(22)4)19(23)11-25-20(24)18-10-15-7-5-6-8-17(15)21-18/h5-10,12,21H,11H2,1-4H3. The van der Waals surface area contributed by atoms with Crippen LogP contribution in [0, 0.1) is 13.8 Å². The van der Waals surface area contributed by atoms with Crippen molar-refractivity contribution >= 4 is 22.7 Å². The second-order valence-corrected chi connectivity index (χ2v) is 6.52. The Labute approximate surface area is 146 Å². The van der Waals surface area contributed by atoms with Crippen molar-refractivity contribution in [3.63, 3.8) is 0 Å². The highest BCUT2D eigenvalue weighted by Crippen LogP contribution is 2.21. The predicted octanol–water partition coefficient (Wildman–Crippen LogP) is 4.21. The zero-order chi connectivity index (χ0) is 18.1. The molecule has 0 aliphatic rings. The number of aromatic amines is 1. The van der Waals surface area contributed by atoms with Gasteiger partial charge in [-0.3, -0.25) is 4.79 Å². The van der Waals surface area contributed by atoms with Crippen molar-refractivity contribution in [3.05, 3.63) is 59.0 Å². The Hall–Kier alpha value is -2.82. The molecule has 3 aromatic rings. The Bertz CT molecular complexity index is 914. The number of aromatic nitrogens is 2. The van der Waals surface area contributed by atoms with Crippen molar-refractivity contribution < 1.29 is 14.3 Å². The number of aryl methyl sites for hydroxylation is 1. The first-order chi connectivity index (χ1) is 11.9. The van der Waals surface area contributed by atoms with Crippen LogP contribution in [0.1, 0.15) is 52.1 Å². The molecule has 2 aromatic heterocycles. The number of carbonyl (C=O) groups is 2. The number of Topliss-reactive ketones (excluding diaryl/α,β-unsaturated/α-hetero) is 1. The third-order valence-electron chi connectivity index (χ3n) is 4.39. The Morgan fingerprint density at radius 1 is 1.16 bits per heavy atom. The first-order valence-electron chi connectivity index (χ1n) is 8.35. The van der Waals surface area contributed by atoms with Crippen LogP contribution in [0.4, 0.5) is 0 Å². The van der Waals surface area contributed by atoms with Crippen LogP contribution in [0.25, 0.3) is 10.9 Å². The van der Waals surface area contributed by atoms with E-state index in [0.717, 1.165) is 22.3 Å². The van der Waals surface area contributed by atoms with Gasteiger partial charge < -0.3 is 14.3 Å². The van der Waals surface area contributed by atoms with Gasteiger partial charge in [0.15, 0.2) is 6.61 Å². The molecule has 0 fully saturated rings. The summed E-state index contributed by atoms with van der Waals surface area (Å²) in [5.74, 6) is -0.716. The molecule has 1 N–H and O–H groups in total. The summed E-state index contributed by atoms with van der Waals surface area (Å²) in [4.78, 5) is 27.7. The maximum Gasteiger partial charge on any atom is 0.355 e. The number of hydrogen-bond donors (Lipinski definition) is 1. The summed E-state index contributed by atoms with van der Waals surface area (Å²) in [7, 11) is 0. The molecule has 0 aliphatic heterocycles. The lowest BCUT2D eigenvalue weighted by molar-refractivity contribution is 0.0469. The third-order valence-corrected chi connectivity index (χ3v) is 4.39. The van der Waals surface area contributed by atoms with E-state index in [2.05, 4.69) is 23.4 Å². The van der Waals surface area contributed by atoms with Gasteiger partial charge in [0.05, 0.1) is 0 Å². The van der Waals surface area contributed by atoms with Crippen LogP contribution in [-0.2, 0) is 4.74 Å². The third kappa shape index (κ3) is 3.22. The molecule has 2 heterocycles. The lowest BCUT2D eigenvalue weighted by atomic mass is 10.1. The molecule has 0 saturated carbocycles. The van der Waals surface area contributed by atoms with E-state index in [1.54, 1.807) is 6.07 Å². The number of nitrogens with one attached hydrogen (secondary N) is 1. The number of esters is 1. The van der Waals surface area contributed by atoms with Crippen molar-refractivity contribution in [2.45, 2.75) is 33.7 Å². The summed E-state index contributed by atoms with van der Waals surface area (Å²) in [6, 6.07) is 11.4. The molecule has 0 amide bonds. The number of H-pyrrole nitrogens is 1. The fraction of sp³-hybridized carbons (Fsp3) is 0.300. The second kappa shape index (κ2) is 6.59. The smallest absolute Gasteiger partial charge is 0.355 e. The molecule has 0 aliphatic carbocycles. The lowest BCUT2D eigenvalue weighted by Crippen LogP contribution is -2.15. The Morgan fingerprint density at radius 3 is 2.52 bits per heavy atom. The minimum absolute atomic E-state index is 0.190. The van der Waals surface area contributed by atoms with Crippen molar-refractivity contribution in [2.24, 2.45) is 0 Å². The van der Waals surface area contributed by atoms with E-state index in [-0.39, 0.29) is 18.4 Å². The normalized spacial score (nSPS) is 11.2. The van der Waals surface area contributed by atoms with E-state index in [4.69, 9.17) is 4.74 Å². The van der Waals surface area contributed by atoms with Gasteiger partial charge in [-0.05, 0) is 45.9 Å². The average Bonchev–Trinajstić information content (AvgIpc) is 3.13. The summed E-state index contributed by atoms with van der Waals surface area (Å²) in [6.07, 6.45) is 0. The maximum absolute atomic E-state index is 12.5. The molecule has 5 heteroatoms. The number of nitrogens with zero attached hydrogens (tertiary/aromatic N) is 1. The molecule has 0 unspecified atom stereocenters. The summed E-state index contributed by atoms with van der Waals surface area (Å²) in [5, 5.41) is 0.932. The summed E-state index contributed by atoms with van der Waals surface area (Å²) in [5.41, 5.74) is 3.75. The van der Waals surface area contributed by atoms with Crippen molar-refractivity contribution in [3.8, 4) is 0 Å². The van der Waals surface area contributed by atoms with Gasteiger partial charge in [-0.25, -0.2) is 4.79 Å². The summed E-state index contributed by atoms with van der Waals surface area (Å²) < 4.78 is 7.31. The number of rotatable bonds is 5. The molecule has 0 radical (unpaired) electrons. The largest absolute Gasteiger partial charge is 0.453 e.